The summed E-state index contributed by atoms with van der Waals surface area (Å²) in [7, 11) is 0. The molecule has 2 rings (SSSR count). The molecule has 0 amide bonds. The molecule has 0 saturated heterocycles. The van der Waals surface area contributed by atoms with E-state index in [-0.39, 0.29) is 36.4 Å². The topological polar surface area (TPSA) is 52.6 Å². The smallest absolute Gasteiger partial charge is 0.422 e. The number of rotatable bonds is 7. The lowest BCUT2D eigenvalue weighted by atomic mass is 9.86. The van der Waals surface area contributed by atoms with E-state index in [1.807, 2.05) is 0 Å². The van der Waals surface area contributed by atoms with Gasteiger partial charge in [0.05, 0.1) is 12.5 Å². The van der Waals surface area contributed by atoms with E-state index >= 15 is 0 Å². The van der Waals surface area contributed by atoms with Crippen LogP contribution in [0.3, 0.4) is 0 Å². The number of hydrogen-bond donors (Lipinski definition) is 0. The van der Waals surface area contributed by atoms with Crippen molar-refractivity contribution in [2.45, 2.75) is 52.6 Å². The number of halogens is 3. The summed E-state index contributed by atoms with van der Waals surface area (Å²) in [5, 5.41) is 0. The summed E-state index contributed by atoms with van der Waals surface area (Å²) in [5.41, 5.74) is 2.17. The molecule has 1 aliphatic carbocycles. The van der Waals surface area contributed by atoms with Gasteiger partial charge in [0.25, 0.3) is 0 Å². The van der Waals surface area contributed by atoms with Crippen molar-refractivity contribution in [2.75, 3.05) is 13.2 Å². The quantitative estimate of drug-likeness (QED) is 0.655. The Labute approximate surface area is 157 Å². The number of hydrogen-bond acceptors (Lipinski definition) is 4. The second-order valence-corrected chi connectivity index (χ2v) is 6.98. The van der Waals surface area contributed by atoms with Gasteiger partial charge in [-0.1, -0.05) is 6.42 Å². The maximum atomic E-state index is 12.8. The Hall–Kier alpha value is -2.05. The van der Waals surface area contributed by atoms with Crippen LogP contribution >= 0.6 is 0 Å². The molecule has 1 aromatic carbocycles. The Balaban J connectivity index is 2.10. The van der Waals surface area contributed by atoms with E-state index in [0.717, 1.165) is 12.0 Å². The molecule has 0 aliphatic heterocycles. The van der Waals surface area contributed by atoms with Gasteiger partial charge in [-0.25, -0.2) is 0 Å². The molecule has 27 heavy (non-hydrogen) atoms. The van der Waals surface area contributed by atoms with E-state index in [9.17, 15) is 22.8 Å². The third kappa shape index (κ3) is 5.71. The van der Waals surface area contributed by atoms with Crippen LogP contribution in [-0.4, -0.2) is 31.1 Å². The van der Waals surface area contributed by atoms with Gasteiger partial charge in [0, 0.05) is 12.3 Å². The Morgan fingerprint density at radius 1 is 1.11 bits per heavy atom. The zero-order valence-electron chi connectivity index (χ0n) is 15.8. The number of Topliss-reactive ketones (excluding diaryl/α,β-unsaturated/α-hetero) is 1. The molecule has 1 aliphatic rings. The number of carbonyl (C=O) groups excluding carboxylic acids is 2. The monoisotopic (exact) mass is 386 g/mol. The number of carbonyl (C=O) groups is 2. The molecule has 0 spiro atoms. The molecule has 4 nitrogen and oxygen atoms in total. The van der Waals surface area contributed by atoms with Gasteiger partial charge in [-0.3, -0.25) is 9.59 Å². The fraction of sp³-hybridized carbons (Fsp3) is 0.600. The molecule has 1 saturated carbocycles. The van der Waals surface area contributed by atoms with Crippen molar-refractivity contribution in [2.24, 2.45) is 11.8 Å². The molecule has 2 unspecified atom stereocenters. The summed E-state index contributed by atoms with van der Waals surface area (Å²) in [6, 6.07) is 3.03. The van der Waals surface area contributed by atoms with Crippen LogP contribution in [-0.2, 0) is 20.7 Å². The van der Waals surface area contributed by atoms with Gasteiger partial charge in [-0.15, -0.1) is 0 Å². The maximum Gasteiger partial charge on any atom is 0.422 e. The minimum absolute atomic E-state index is 0.0271. The minimum Gasteiger partial charge on any atom is -0.484 e. The van der Waals surface area contributed by atoms with E-state index in [4.69, 9.17) is 9.47 Å². The third-order valence-corrected chi connectivity index (χ3v) is 4.94. The Morgan fingerprint density at radius 2 is 1.70 bits per heavy atom. The average Bonchev–Trinajstić information content (AvgIpc) is 3.05. The van der Waals surface area contributed by atoms with Crippen LogP contribution < -0.4 is 4.74 Å². The maximum absolute atomic E-state index is 12.8. The van der Waals surface area contributed by atoms with E-state index in [2.05, 4.69) is 0 Å². The molecule has 0 radical (unpaired) electrons. The summed E-state index contributed by atoms with van der Waals surface area (Å²) < 4.78 is 46.8. The third-order valence-electron chi connectivity index (χ3n) is 4.94. The molecular formula is C20H25F3O4. The van der Waals surface area contributed by atoms with Gasteiger partial charge in [0.15, 0.2) is 6.61 Å². The predicted octanol–water partition coefficient (Wildman–Crippen LogP) is 4.34. The van der Waals surface area contributed by atoms with Crippen molar-refractivity contribution in [3.63, 3.8) is 0 Å². The van der Waals surface area contributed by atoms with Crippen LogP contribution in [0.1, 0.15) is 42.9 Å². The predicted molar refractivity (Wildman–Crippen MR) is 93.6 cm³/mol. The lowest BCUT2D eigenvalue weighted by Gasteiger charge is -2.19. The second kappa shape index (κ2) is 8.76. The van der Waals surface area contributed by atoms with Crippen molar-refractivity contribution in [1.29, 1.82) is 0 Å². The largest absolute Gasteiger partial charge is 0.484 e. The SMILES string of the molecule is CCOC(=O)C1CCCC1C(=O)Cc1c(C)cc(OCC(F)(F)F)cc1C. The van der Waals surface area contributed by atoms with Gasteiger partial charge in [-0.05, 0) is 62.4 Å². The van der Waals surface area contributed by atoms with Crippen LogP contribution in [0.5, 0.6) is 5.75 Å². The average molecular weight is 386 g/mol. The number of benzene rings is 1. The summed E-state index contributed by atoms with van der Waals surface area (Å²) in [5.74, 6) is -0.973. The lowest BCUT2D eigenvalue weighted by Crippen LogP contribution is -2.28. The Morgan fingerprint density at radius 3 is 2.26 bits per heavy atom. The highest BCUT2D eigenvalue weighted by molar-refractivity contribution is 5.89. The van der Waals surface area contributed by atoms with Gasteiger partial charge < -0.3 is 9.47 Å². The standard InChI is InChI=1S/C20H25F3O4/c1-4-26-19(25)16-7-5-6-15(16)18(24)10-17-12(2)8-14(9-13(17)3)27-11-20(21,22)23/h8-9,15-16H,4-7,10-11H2,1-3H3. The van der Waals surface area contributed by atoms with Gasteiger partial charge in [0.2, 0.25) is 0 Å². The van der Waals surface area contributed by atoms with Crippen molar-refractivity contribution < 1.29 is 32.2 Å². The van der Waals surface area contributed by atoms with E-state index in [0.29, 0.717) is 24.0 Å². The zero-order valence-corrected chi connectivity index (χ0v) is 15.8. The first-order valence-corrected chi connectivity index (χ1v) is 9.11. The number of aryl methyl sites for hydroxylation is 2. The summed E-state index contributed by atoms with van der Waals surface area (Å²) in [4.78, 5) is 24.9. The summed E-state index contributed by atoms with van der Waals surface area (Å²) in [6.45, 7) is 4.15. The zero-order chi connectivity index (χ0) is 20.2. The van der Waals surface area contributed by atoms with Crippen molar-refractivity contribution in [3.8, 4) is 5.75 Å². The van der Waals surface area contributed by atoms with E-state index in [1.54, 1.807) is 20.8 Å². The highest BCUT2D eigenvalue weighted by Crippen LogP contribution is 2.35. The van der Waals surface area contributed by atoms with Crippen molar-refractivity contribution in [3.05, 3.63) is 28.8 Å². The van der Waals surface area contributed by atoms with Crippen LogP contribution in [0, 0.1) is 25.7 Å². The Kier molecular flexibility index (Phi) is 6.89. The number of esters is 1. The van der Waals surface area contributed by atoms with Gasteiger partial charge >= 0.3 is 12.1 Å². The molecule has 0 bridgehead atoms. The normalized spacial score (nSPS) is 19.8. The highest BCUT2D eigenvalue weighted by atomic mass is 19.4. The molecule has 2 atom stereocenters. The van der Waals surface area contributed by atoms with Crippen LogP contribution in [0.15, 0.2) is 12.1 Å². The lowest BCUT2D eigenvalue weighted by molar-refractivity contribution is -0.153. The molecule has 0 aromatic heterocycles. The molecular weight excluding hydrogens is 361 g/mol. The van der Waals surface area contributed by atoms with Gasteiger partial charge in [-0.2, -0.15) is 13.2 Å². The first-order valence-electron chi connectivity index (χ1n) is 9.11. The van der Waals surface area contributed by atoms with Crippen LogP contribution in [0.2, 0.25) is 0 Å². The number of ketones is 1. The van der Waals surface area contributed by atoms with Crippen molar-refractivity contribution in [1.82, 2.24) is 0 Å². The second-order valence-electron chi connectivity index (χ2n) is 6.98. The number of ether oxygens (including phenoxy) is 2. The minimum atomic E-state index is -4.40. The molecule has 1 fully saturated rings. The summed E-state index contributed by atoms with van der Waals surface area (Å²) in [6.07, 6.45) is -2.13. The Bertz CT molecular complexity index is 674. The van der Waals surface area contributed by atoms with E-state index < -0.39 is 18.7 Å². The van der Waals surface area contributed by atoms with Crippen LogP contribution in [0.25, 0.3) is 0 Å². The molecule has 1 aromatic rings. The summed E-state index contributed by atoms with van der Waals surface area (Å²) >= 11 is 0. The fourth-order valence-corrected chi connectivity index (χ4v) is 3.66. The highest BCUT2D eigenvalue weighted by Gasteiger charge is 2.38. The molecule has 150 valence electrons. The molecule has 0 N–H and O–H groups in total. The number of alkyl halides is 3. The first-order chi connectivity index (χ1) is 12.6. The van der Waals surface area contributed by atoms with E-state index in [1.165, 1.54) is 12.1 Å². The molecule has 0 heterocycles. The fourth-order valence-electron chi connectivity index (χ4n) is 3.66. The first kappa shape index (κ1) is 21.3. The van der Waals surface area contributed by atoms with Gasteiger partial charge in [0.1, 0.15) is 11.5 Å². The van der Waals surface area contributed by atoms with Crippen LogP contribution in [0.4, 0.5) is 13.2 Å². The molecule has 7 heteroatoms. The van der Waals surface area contributed by atoms with Crippen molar-refractivity contribution >= 4 is 11.8 Å².